The number of hydrogen-bond acceptors (Lipinski definition) is 3. The summed E-state index contributed by atoms with van der Waals surface area (Å²) in [6.07, 6.45) is 0.876. The molecule has 2 nitrogen and oxygen atoms in total. The van der Waals surface area contributed by atoms with Crippen molar-refractivity contribution >= 4 is 23.8 Å². The molecule has 0 aliphatic carbocycles. The monoisotopic (exact) mass is 283 g/mol. The first-order chi connectivity index (χ1) is 9.61. The van der Waals surface area contributed by atoms with Crippen LogP contribution in [0.1, 0.15) is 27.0 Å². The van der Waals surface area contributed by atoms with Gasteiger partial charge in [-0.3, -0.25) is 4.79 Å². The van der Waals surface area contributed by atoms with Gasteiger partial charge in [-0.15, -0.1) is 11.8 Å². The van der Waals surface area contributed by atoms with Gasteiger partial charge in [0.2, 0.25) is 5.78 Å². The quantitative estimate of drug-likeness (QED) is 0.501. The fraction of sp³-hybridized carbons (Fsp3) is 0.176. The van der Waals surface area contributed by atoms with E-state index >= 15 is 0 Å². The molecule has 0 spiro atoms. The third-order valence-electron chi connectivity index (χ3n) is 3.14. The average molecular weight is 283 g/mol. The van der Waals surface area contributed by atoms with E-state index in [1.165, 1.54) is 16.0 Å². The van der Waals surface area contributed by atoms with Gasteiger partial charge in [-0.25, -0.2) is 0 Å². The summed E-state index contributed by atoms with van der Waals surface area (Å²) in [6.45, 7) is 4.17. The minimum atomic E-state index is -0.234. The lowest BCUT2D eigenvalue weighted by molar-refractivity contribution is 0.106. The summed E-state index contributed by atoms with van der Waals surface area (Å²) >= 11 is 1.73. The largest absolute Gasteiger partial charge is 0.305 e. The molecule has 0 unspecified atom stereocenters. The normalized spacial score (nSPS) is 10.3. The molecule has 2 rings (SSSR count). The first kappa shape index (κ1) is 14.5. The van der Waals surface area contributed by atoms with Gasteiger partial charge in [0.05, 0.1) is 6.21 Å². The van der Waals surface area contributed by atoms with Crippen molar-refractivity contribution in [1.82, 2.24) is 0 Å². The first-order valence-corrected chi connectivity index (χ1v) is 7.43. The Morgan fingerprint density at radius 3 is 2.70 bits per heavy atom. The highest BCUT2D eigenvalue weighted by atomic mass is 32.2. The van der Waals surface area contributed by atoms with E-state index in [-0.39, 0.29) is 5.78 Å². The molecular formula is C17H17NOS. The molecule has 20 heavy (non-hydrogen) atoms. The Bertz CT molecular complexity index is 649. The fourth-order valence-corrected chi connectivity index (χ4v) is 3.11. The van der Waals surface area contributed by atoms with E-state index in [1.807, 2.05) is 18.2 Å². The van der Waals surface area contributed by atoms with Crippen molar-refractivity contribution in [3.8, 4) is 0 Å². The number of hydrogen-bond donors (Lipinski definition) is 1. The summed E-state index contributed by atoms with van der Waals surface area (Å²) in [4.78, 5) is 13.0. The van der Waals surface area contributed by atoms with Crippen LogP contribution >= 0.6 is 11.8 Å². The van der Waals surface area contributed by atoms with Gasteiger partial charge >= 0.3 is 0 Å². The van der Waals surface area contributed by atoms with E-state index in [1.54, 1.807) is 17.8 Å². The number of rotatable bonds is 5. The number of benzene rings is 2. The van der Waals surface area contributed by atoms with E-state index in [2.05, 4.69) is 32.0 Å². The molecule has 0 aliphatic heterocycles. The van der Waals surface area contributed by atoms with Crippen molar-refractivity contribution < 1.29 is 4.79 Å². The van der Waals surface area contributed by atoms with Crippen LogP contribution in [0.3, 0.4) is 0 Å². The predicted octanol–water partition coefficient (Wildman–Crippen LogP) is 4.43. The minimum absolute atomic E-state index is 0.234. The molecule has 1 N–H and O–H groups in total. The maximum Gasteiger partial charge on any atom is 0.203 e. The average Bonchev–Trinajstić information content (AvgIpc) is 2.47. The molecule has 0 aromatic heterocycles. The lowest BCUT2D eigenvalue weighted by Gasteiger charge is -2.09. The predicted molar refractivity (Wildman–Crippen MR) is 85.0 cm³/mol. The van der Waals surface area contributed by atoms with Crippen LogP contribution in [0.25, 0.3) is 0 Å². The number of carbonyl (C=O) groups excluding carboxylic acids is 1. The van der Waals surface area contributed by atoms with Crippen LogP contribution in [-0.4, -0.2) is 12.0 Å². The van der Waals surface area contributed by atoms with Crippen molar-refractivity contribution in [3.63, 3.8) is 0 Å². The Morgan fingerprint density at radius 2 is 1.95 bits per heavy atom. The number of aryl methyl sites for hydroxylation is 2. The Balaban J connectivity index is 2.21. The van der Waals surface area contributed by atoms with Crippen LogP contribution in [0.15, 0.2) is 47.4 Å². The molecule has 0 bridgehead atoms. The maximum atomic E-state index is 11.7. The second-order valence-corrected chi connectivity index (χ2v) is 5.74. The van der Waals surface area contributed by atoms with Crippen LogP contribution in [0.2, 0.25) is 0 Å². The van der Waals surface area contributed by atoms with Crippen molar-refractivity contribution in [2.24, 2.45) is 0 Å². The van der Waals surface area contributed by atoms with Crippen molar-refractivity contribution in [2.75, 3.05) is 0 Å². The SMILES string of the molecule is Cc1ccc(C)c(SCc2ccccc2C(=O)C=N)c1. The van der Waals surface area contributed by atoms with Gasteiger partial charge in [0.25, 0.3) is 0 Å². The summed E-state index contributed by atoms with van der Waals surface area (Å²) in [5.41, 5.74) is 4.09. The van der Waals surface area contributed by atoms with Gasteiger partial charge in [-0.2, -0.15) is 0 Å². The molecule has 0 heterocycles. The third kappa shape index (κ3) is 3.36. The van der Waals surface area contributed by atoms with E-state index in [9.17, 15) is 4.79 Å². The van der Waals surface area contributed by atoms with Gasteiger partial charge in [0, 0.05) is 16.2 Å². The fourth-order valence-electron chi connectivity index (χ4n) is 1.98. The Kier molecular flexibility index (Phi) is 4.74. The summed E-state index contributed by atoms with van der Waals surface area (Å²) in [6, 6.07) is 13.9. The summed E-state index contributed by atoms with van der Waals surface area (Å²) in [7, 11) is 0. The standard InChI is InChI=1S/C17H17NOS/c1-12-7-8-13(2)17(9-12)20-11-14-5-3-4-6-15(14)16(19)10-18/h3-10,18H,11H2,1-2H3. The van der Waals surface area contributed by atoms with Gasteiger partial charge in [0.1, 0.15) is 0 Å². The van der Waals surface area contributed by atoms with E-state index < -0.39 is 0 Å². The molecule has 3 heteroatoms. The molecule has 102 valence electrons. The van der Waals surface area contributed by atoms with Crippen LogP contribution in [0.5, 0.6) is 0 Å². The minimum Gasteiger partial charge on any atom is -0.305 e. The zero-order chi connectivity index (χ0) is 14.5. The molecule has 0 fully saturated rings. The lowest BCUT2D eigenvalue weighted by atomic mass is 10.1. The molecule has 0 atom stereocenters. The van der Waals surface area contributed by atoms with E-state index in [0.29, 0.717) is 5.56 Å². The molecule has 0 aliphatic rings. The highest BCUT2D eigenvalue weighted by Gasteiger charge is 2.09. The van der Waals surface area contributed by atoms with Gasteiger partial charge < -0.3 is 5.41 Å². The molecule has 2 aromatic rings. The third-order valence-corrected chi connectivity index (χ3v) is 4.35. The van der Waals surface area contributed by atoms with Crippen molar-refractivity contribution in [3.05, 3.63) is 64.7 Å². The zero-order valence-corrected chi connectivity index (χ0v) is 12.5. The second-order valence-electron chi connectivity index (χ2n) is 4.72. The van der Waals surface area contributed by atoms with Gasteiger partial charge in [0.15, 0.2) is 0 Å². The van der Waals surface area contributed by atoms with Crippen LogP contribution in [-0.2, 0) is 5.75 Å². The van der Waals surface area contributed by atoms with Crippen molar-refractivity contribution in [1.29, 1.82) is 5.41 Å². The zero-order valence-electron chi connectivity index (χ0n) is 11.6. The van der Waals surface area contributed by atoms with Crippen LogP contribution in [0, 0.1) is 19.3 Å². The molecule has 0 radical (unpaired) electrons. The Labute approximate surface area is 123 Å². The smallest absolute Gasteiger partial charge is 0.203 e. The topological polar surface area (TPSA) is 40.9 Å². The summed E-state index contributed by atoms with van der Waals surface area (Å²) in [5.74, 6) is 0.502. The number of thioether (sulfide) groups is 1. The highest BCUT2D eigenvalue weighted by molar-refractivity contribution is 7.98. The van der Waals surface area contributed by atoms with Gasteiger partial charge in [-0.1, -0.05) is 42.0 Å². The van der Waals surface area contributed by atoms with E-state index in [0.717, 1.165) is 17.5 Å². The lowest BCUT2D eigenvalue weighted by Crippen LogP contribution is -2.03. The number of nitrogens with one attached hydrogen (secondary N) is 1. The van der Waals surface area contributed by atoms with E-state index in [4.69, 9.17) is 5.41 Å². The maximum absolute atomic E-state index is 11.7. The number of carbonyl (C=O) groups is 1. The summed E-state index contributed by atoms with van der Waals surface area (Å²) in [5, 5.41) is 7.12. The first-order valence-electron chi connectivity index (χ1n) is 6.44. The number of ketones is 1. The second kappa shape index (κ2) is 6.53. The molecule has 2 aromatic carbocycles. The number of Topliss-reactive ketones (excluding diaryl/α,β-unsaturated/α-hetero) is 1. The molecule has 0 amide bonds. The van der Waals surface area contributed by atoms with Crippen molar-refractivity contribution in [2.45, 2.75) is 24.5 Å². The highest BCUT2D eigenvalue weighted by Crippen LogP contribution is 2.28. The molecular weight excluding hydrogens is 266 g/mol. The molecule has 0 saturated heterocycles. The van der Waals surface area contributed by atoms with Crippen LogP contribution in [0.4, 0.5) is 0 Å². The van der Waals surface area contributed by atoms with Crippen LogP contribution < -0.4 is 0 Å². The Hall–Kier alpha value is -1.87. The molecule has 0 saturated carbocycles. The Morgan fingerprint density at radius 1 is 1.20 bits per heavy atom. The summed E-state index contributed by atoms with van der Waals surface area (Å²) < 4.78 is 0. The van der Waals surface area contributed by atoms with Gasteiger partial charge in [-0.05, 0) is 31.0 Å².